The molecule has 0 saturated carbocycles. The summed E-state index contributed by atoms with van der Waals surface area (Å²) in [4.78, 5) is 35.4. The lowest BCUT2D eigenvalue weighted by Gasteiger charge is -2.11. The summed E-state index contributed by atoms with van der Waals surface area (Å²) in [6.45, 7) is 0.286. The van der Waals surface area contributed by atoms with Gasteiger partial charge in [-0.15, -0.1) is 0 Å². The number of carbonyl (C=O) groups excluding carboxylic acids is 3. The fourth-order valence-corrected chi connectivity index (χ4v) is 1.96. The molecule has 20 heavy (non-hydrogen) atoms. The van der Waals surface area contributed by atoms with Crippen LogP contribution in [0.15, 0.2) is 24.3 Å². The number of nitrogens with zero attached hydrogens (tertiary/aromatic N) is 1. The van der Waals surface area contributed by atoms with Gasteiger partial charge in [0.2, 0.25) is 11.8 Å². The van der Waals surface area contributed by atoms with E-state index in [0.717, 1.165) is 4.90 Å². The van der Waals surface area contributed by atoms with Crippen molar-refractivity contribution in [1.29, 1.82) is 0 Å². The van der Waals surface area contributed by atoms with Crippen LogP contribution in [0.25, 0.3) is 0 Å². The zero-order chi connectivity index (χ0) is 14.5. The van der Waals surface area contributed by atoms with Gasteiger partial charge in [-0.3, -0.25) is 14.5 Å². The van der Waals surface area contributed by atoms with Gasteiger partial charge in [-0.25, -0.2) is 4.79 Å². The summed E-state index contributed by atoms with van der Waals surface area (Å²) >= 11 is 5.74. The van der Waals surface area contributed by atoms with Crippen molar-refractivity contribution in [3.8, 4) is 0 Å². The average molecular weight is 296 g/mol. The molecule has 0 unspecified atom stereocenters. The lowest BCUT2D eigenvalue weighted by Crippen LogP contribution is -2.32. The number of amides is 4. The Kier molecular flexibility index (Phi) is 4.57. The summed E-state index contributed by atoms with van der Waals surface area (Å²) in [6.07, 6.45) is 0.665. The number of hydrogen-bond acceptors (Lipinski definition) is 3. The largest absolute Gasteiger partial charge is 0.329 e. The maximum Gasteiger partial charge on any atom is 0.324 e. The molecule has 1 aliphatic heterocycles. The van der Waals surface area contributed by atoms with E-state index in [1.807, 2.05) is 0 Å². The highest BCUT2D eigenvalue weighted by Crippen LogP contribution is 2.13. The van der Waals surface area contributed by atoms with Crippen molar-refractivity contribution in [2.24, 2.45) is 0 Å². The van der Waals surface area contributed by atoms with Gasteiger partial charge in [0, 0.05) is 23.7 Å². The summed E-state index contributed by atoms with van der Waals surface area (Å²) in [5, 5.41) is 5.74. The van der Waals surface area contributed by atoms with E-state index >= 15 is 0 Å². The molecule has 4 amide bonds. The van der Waals surface area contributed by atoms with Gasteiger partial charge in [0.15, 0.2) is 0 Å². The number of halogens is 1. The summed E-state index contributed by atoms with van der Waals surface area (Å²) < 4.78 is 0. The first-order valence-electron chi connectivity index (χ1n) is 6.20. The van der Waals surface area contributed by atoms with Gasteiger partial charge in [0.1, 0.15) is 0 Å². The van der Waals surface area contributed by atoms with E-state index in [2.05, 4.69) is 10.6 Å². The minimum absolute atomic E-state index is 0.0375. The first-order chi connectivity index (χ1) is 9.56. The van der Waals surface area contributed by atoms with Gasteiger partial charge in [0.25, 0.3) is 0 Å². The Morgan fingerprint density at radius 2 is 2.00 bits per heavy atom. The fourth-order valence-electron chi connectivity index (χ4n) is 1.84. The number of benzene rings is 1. The van der Waals surface area contributed by atoms with E-state index < -0.39 is 6.03 Å². The van der Waals surface area contributed by atoms with Crippen LogP contribution in [-0.2, 0) is 9.59 Å². The molecule has 0 radical (unpaired) electrons. The number of imide groups is 1. The minimum atomic E-state index is -0.395. The molecule has 1 aliphatic rings. The zero-order valence-electron chi connectivity index (χ0n) is 10.7. The van der Waals surface area contributed by atoms with Crippen LogP contribution in [-0.4, -0.2) is 35.8 Å². The van der Waals surface area contributed by atoms with E-state index in [4.69, 9.17) is 11.6 Å². The van der Waals surface area contributed by atoms with Gasteiger partial charge >= 0.3 is 6.03 Å². The number of hydrogen-bond donors (Lipinski definition) is 2. The Morgan fingerprint density at radius 1 is 1.30 bits per heavy atom. The number of urea groups is 1. The summed E-state index contributed by atoms with van der Waals surface area (Å²) in [7, 11) is 0. The molecule has 2 N–H and O–H groups in total. The van der Waals surface area contributed by atoms with Crippen molar-refractivity contribution >= 4 is 35.1 Å². The molecule has 0 aromatic heterocycles. The Labute approximate surface area is 121 Å². The molecule has 0 atom stereocenters. The molecule has 106 valence electrons. The van der Waals surface area contributed by atoms with Gasteiger partial charge in [-0.05, 0) is 30.7 Å². The van der Waals surface area contributed by atoms with Crippen LogP contribution in [0.5, 0.6) is 0 Å². The van der Waals surface area contributed by atoms with Crippen LogP contribution in [0.3, 0.4) is 0 Å². The van der Waals surface area contributed by atoms with Crippen molar-refractivity contribution in [3.05, 3.63) is 29.3 Å². The van der Waals surface area contributed by atoms with Crippen LogP contribution < -0.4 is 10.6 Å². The van der Waals surface area contributed by atoms with E-state index in [-0.39, 0.29) is 31.3 Å². The zero-order valence-corrected chi connectivity index (χ0v) is 11.4. The van der Waals surface area contributed by atoms with E-state index in [9.17, 15) is 14.4 Å². The van der Waals surface area contributed by atoms with Crippen molar-refractivity contribution in [2.75, 3.05) is 18.4 Å². The van der Waals surface area contributed by atoms with Crippen molar-refractivity contribution in [1.82, 2.24) is 10.2 Å². The Hall–Kier alpha value is -2.08. The summed E-state index contributed by atoms with van der Waals surface area (Å²) in [5.74, 6) is -0.424. The van der Waals surface area contributed by atoms with Crippen LogP contribution >= 0.6 is 11.6 Å². The Balaban J connectivity index is 1.74. The van der Waals surface area contributed by atoms with Gasteiger partial charge in [-0.1, -0.05) is 11.6 Å². The highest BCUT2D eigenvalue weighted by atomic mass is 35.5. The van der Waals surface area contributed by atoms with Crippen molar-refractivity contribution < 1.29 is 14.4 Å². The van der Waals surface area contributed by atoms with Crippen molar-refractivity contribution in [2.45, 2.75) is 12.8 Å². The molecule has 1 saturated heterocycles. The van der Waals surface area contributed by atoms with Crippen LogP contribution in [0, 0.1) is 0 Å². The predicted octanol–water partition coefficient (Wildman–Crippen LogP) is 1.61. The predicted molar refractivity (Wildman–Crippen MR) is 74.4 cm³/mol. The maximum absolute atomic E-state index is 11.7. The molecule has 1 aromatic rings. The molecule has 1 heterocycles. The van der Waals surface area contributed by atoms with Crippen molar-refractivity contribution in [3.63, 3.8) is 0 Å². The third kappa shape index (κ3) is 3.71. The molecule has 0 aliphatic carbocycles. The Bertz CT molecular complexity index is 514. The number of nitrogens with one attached hydrogen (secondary N) is 2. The summed E-state index contributed by atoms with van der Waals surface area (Å²) in [5.41, 5.74) is 0.661. The minimum Gasteiger partial charge on any atom is -0.329 e. The first kappa shape index (κ1) is 14.3. The van der Waals surface area contributed by atoms with E-state index in [0.29, 0.717) is 17.1 Å². The molecule has 1 fully saturated rings. The topological polar surface area (TPSA) is 78.5 Å². The second-order valence-corrected chi connectivity index (χ2v) is 4.80. The molecule has 0 bridgehead atoms. The van der Waals surface area contributed by atoms with Crippen LogP contribution in [0.4, 0.5) is 10.5 Å². The molecular weight excluding hydrogens is 282 g/mol. The molecule has 7 heteroatoms. The second kappa shape index (κ2) is 6.38. The van der Waals surface area contributed by atoms with E-state index in [1.54, 1.807) is 24.3 Å². The van der Waals surface area contributed by atoms with Gasteiger partial charge in [-0.2, -0.15) is 0 Å². The average Bonchev–Trinajstić information content (AvgIpc) is 2.73. The van der Waals surface area contributed by atoms with Crippen LogP contribution in [0.2, 0.25) is 5.02 Å². The number of anilines is 1. The lowest BCUT2D eigenvalue weighted by molar-refractivity contribution is -0.125. The third-order valence-electron chi connectivity index (χ3n) is 2.85. The Morgan fingerprint density at radius 3 is 2.60 bits per heavy atom. The van der Waals surface area contributed by atoms with E-state index in [1.165, 1.54) is 0 Å². The third-order valence-corrected chi connectivity index (χ3v) is 3.10. The molecule has 6 nitrogen and oxygen atoms in total. The molecule has 1 aromatic carbocycles. The van der Waals surface area contributed by atoms with Gasteiger partial charge in [0.05, 0.1) is 6.54 Å². The highest BCUT2D eigenvalue weighted by Gasteiger charge is 2.27. The summed E-state index contributed by atoms with van der Waals surface area (Å²) in [6, 6.07) is 6.39. The SMILES string of the molecule is O=C(CCCN1C(=O)CNC1=O)Nc1ccc(Cl)cc1. The van der Waals surface area contributed by atoms with Crippen LogP contribution in [0.1, 0.15) is 12.8 Å². The number of carbonyl (C=O) groups is 3. The molecule has 0 spiro atoms. The second-order valence-electron chi connectivity index (χ2n) is 4.36. The number of rotatable bonds is 5. The molecular formula is C13H14ClN3O3. The smallest absolute Gasteiger partial charge is 0.324 e. The first-order valence-corrected chi connectivity index (χ1v) is 6.57. The van der Waals surface area contributed by atoms with Gasteiger partial charge < -0.3 is 10.6 Å². The monoisotopic (exact) mass is 295 g/mol. The lowest BCUT2D eigenvalue weighted by atomic mass is 10.2. The highest BCUT2D eigenvalue weighted by molar-refractivity contribution is 6.30. The molecule has 2 rings (SSSR count). The quantitative estimate of drug-likeness (QED) is 0.810. The standard InChI is InChI=1S/C13H14ClN3O3/c14-9-3-5-10(6-4-9)16-11(18)2-1-7-17-12(19)8-15-13(17)20/h3-6H,1-2,7-8H2,(H,15,20)(H,16,18). The normalized spacial score (nSPS) is 14.3. The maximum atomic E-state index is 11.7. The fraction of sp³-hybridized carbons (Fsp3) is 0.308.